The highest BCUT2D eigenvalue weighted by Crippen LogP contribution is 2.20. The first kappa shape index (κ1) is 19.2. The molecule has 0 saturated carbocycles. The van der Waals surface area contributed by atoms with Gasteiger partial charge in [-0.2, -0.15) is 0 Å². The summed E-state index contributed by atoms with van der Waals surface area (Å²) in [4.78, 5) is 27.1. The highest BCUT2D eigenvalue weighted by Gasteiger charge is 2.27. The van der Waals surface area contributed by atoms with Gasteiger partial charge in [-0.05, 0) is 43.7 Å². The summed E-state index contributed by atoms with van der Waals surface area (Å²) in [6.45, 7) is 5.73. The third-order valence-corrected chi connectivity index (χ3v) is 5.57. The van der Waals surface area contributed by atoms with Gasteiger partial charge in [0.2, 0.25) is 5.91 Å². The minimum absolute atomic E-state index is 0.130. The standard InChI is InChI=1S/C23H25N3O3/c1-15-16(2)26(12-11-24-15)22(27)13-17-7-9-19(10-8-17)25-23(28)21-14-18-5-3-4-6-20(18)29-21/h3-10,14-16,24H,11-13H2,1-2H3,(H,25,28). The number of amides is 2. The SMILES string of the molecule is CC1NCCN(C(=O)Cc2ccc(NC(=O)c3cc4ccccc4o3)cc2)C1C. The van der Waals surface area contributed by atoms with Crippen molar-refractivity contribution in [3.05, 3.63) is 65.9 Å². The molecule has 1 aliphatic heterocycles. The molecule has 1 fully saturated rings. The van der Waals surface area contributed by atoms with E-state index in [1.165, 1.54) is 0 Å². The van der Waals surface area contributed by atoms with Crippen molar-refractivity contribution in [2.75, 3.05) is 18.4 Å². The van der Waals surface area contributed by atoms with Crippen molar-refractivity contribution >= 4 is 28.5 Å². The third kappa shape index (κ3) is 4.17. The number of furan rings is 1. The van der Waals surface area contributed by atoms with E-state index in [2.05, 4.69) is 24.5 Å². The molecule has 0 radical (unpaired) electrons. The number of hydrogen-bond acceptors (Lipinski definition) is 4. The van der Waals surface area contributed by atoms with E-state index in [1.54, 1.807) is 6.07 Å². The monoisotopic (exact) mass is 391 g/mol. The van der Waals surface area contributed by atoms with Gasteiger partial charge in [-0.3, -0.25) is 9.59 Å². The summed E-state index contributed by atoms with van der Waals surface area (Å²) in [5.41, 5.74) is 2.27. The summed E-state index contributed by atoms with van der Waals surface area (Å²) in [6.07, 6.45) is 0.356. The lowest BCUT2D eigenvalue weighted by Crippen LogP contribution is -2.57. The molecule has 2 heterocycles. The van der Waals surface area contributed by atoms with Crippen molar-refractivity contribution in [3.63, 3.8) is 0 Å². The fourth-order valence-corrected chi connectivity index (χ4v) is 3.68. The number of carbonyl (C=O) groups is 2. The number of nitrogens with one attached hydrogen (secondary N) is 2. The first-order valence-electron chi connectivity index (χ1n) is 9.93. The van der Waals surface area contributed by atoms with E-state index in [0.29, 0.717) is 23.7 Å². The van der Waals surface area contributed by atoms with Crippen molar-refractivity contribution in [2.45, 2.75) is 32.4 Å². The van der Waals surface area contributed by atoms with Crippen LogP contribution in [0.1, 0.15) is 30.0 Å². The molecule has 6 nitrogen and oxygen atoms in total. The van der Waals surface area contributed by atoms with E-state index in [0.717, 1.165) is 24.0 Å². The van der Waals surface area contributed by atoms with E-state index in [1.807, 2.05) is 53.4 Å². The quantitative estimate of drug-likeness (QED) is 0.715. The van der Waals surface area contributed by atoms with E-state index >= 15 is 0 Å². The molecule has 0 bridgehead atoms. The van der Waals surface area contributed by atoms with Crippen molar-refractivity contribution in [1.82, 2.24) is 10.2 Å². The van der Waals surface area contributed by atoms with Crippen LogP contribution in [0.5, 0.6) is 0 Å². The van der Waals surface area contributed by atoms with Gasteiger partial charge in [-0.25, -0.2) is 0 Å². The largest absolute Gasteiger partial charge is 0.451 e. The molecule has 1 aliphatic rings. The van der Waals surface area contributed by atoms with Gasteiger partial charge in [0, 0.05) is 36.2 Å². The van der Waals surface area contributed by atoms with Crippen molar-refractivity contribution in [3.8, 4) is 0 Å². The van der Waals surface area contributed by atoms with Crippen molar-refractivity contribution in [1.29, 1.82) is 0 Å². The molecule has 0 aliphatic carbocycles. The number of nitrogens with zero attached hydrogens (tertiary/aromatic N) is 1. The average molecular weight is 391 g/mol. The highest BCUT2D eigenvalue weighted by molar-refractivity contribution is 6.04. The molecule has 2 aromatic carbocycles. The van der Waals surface area contributed by atoms with Crippen LogP contribution in [-0.2, 0) is 11.2 Å². The van der Waals surface area contributed by atoms with Crippen LogP contribution in [0.3, 0.4) is 0 Å². The molecule has 2 amide bonds. The van der Waals surface area contributed by atoms with E-state index in [9.17, 15) is 9.59 Å². The molecular weight excluding hydrogens is 366 g/mol. The third-order valence-electron chi connectivity index (χ3n) is 5.57. The lowest BCUT2D eigenvalue weighted by molar-refractivity contribution is -0.134. The Morgan fingerprint density at radius 3 is 2.66 bits per heavy atom. The Morgan fingerprint density at radius 2 is 1.90 bits per heavy atom. The summed E-state index contributed by atoms with van der Waals surface area (Å²) in [6, 6.07) is 17.1. The minimum atomic E-state index is -0.298. The molecular formula is C23H25N3O3. The average Bonchev–Trinajstić information content (AvgIpc) is 3.16. The number of carbonyl (C=O) groups excluding carboxylic acids is 2. The van der Waals surface area contributed by atoms with Crippen LogP contribution in [0, 0.1) is 0 Å². The van der Waals surface area contributed by atoms with Gasteiger partial charge in [0.05, 0.1) is 6.42 Å². The second-order valence-electron chi connectivity index (χ2n) is 7.55. The Morgan fingerprint density at radius 1 is 1.14 bits per heavy atom. The Hall–Kier alpha value is -3.12. The number of anilines is 1. The van der Waals surface area contributed by atoms with Gasteiger partial charge in [0.25, 0.3) is 5.91 Å². The summed E-state index contributed by atoms with van der Waals surface area (Å²) in [5, 5.41) is 7.12. The number of rotatable bonds is 4. The second-order valence-corrected chi connectivity index (χ2v) is 7.55. The molecule has 29 heavy (non-hydrogen) atoms. The molecule has 0 spiro atoms. The normalized spacial score (nSPS) is 19.3. The van der Waals surface area contributed by atoms with Gasteiger partial charge in [-0.15, -0.1) is 0 Å². The molecule has 1 aromatic heterocycles. The molecule has 3 aromatic rings. The first-order chi connectivity index (χ1) is 14.0. The van der Waals surface area contributed by atoms with Crippen LogP contribution in [0.4, 0.5) is 5.69 Å². The van der Waals surface area contributed by atoms with Crippen LogP contribution >= 0.6 is 0 Å². The van der Waals surface area contributed by atoms with Gasteiger partial charge in [-0.1, -0.05) is 30.3 Å². The van der Waals surface area contributed by atoms with Gasteiger partial charge < -0.3 is 20.0 Å². The number of hydrogen-bond donors (Lipinski definition) is 2. The zero-order chi connectivity index (χ0) is 20.4. The second kappa shape index (κ2) is 8.09. The Bertz CT molecular complexity index is 992. The van der Waals surface area contributed by atoms with Crippen LogP contribution in [0.15, 0.2) is 59.0 Å². The fourth-order valence-electron chi connectivity index (χ4n) is 3.68. The van der Waals surface area contributed by atoms with E-state index in [4.69, 9.17) is 4.42 Å². The maximum Gasteiger partial charge on any atom is 0.291 e. The maximum absolute atomic E-state index is 12.7. The predicted molar refractivity (Wildman–Crippen MR) is 113 cm³/mol. The van der Waals surface area contributed by atoms with Crippen molar-refractivity contribution < 1.29 is 14.0 Å². The summed E-state index contributed by atoms with van der Waals surface area (Å²) < 4.78 is 5.60. The smallest absolute Gasteiger partial charge is 0.291 e. The van der Waals surface area contributed by atoms with Crippen LogP contribution < -0.4 is 10.6 Å². The molecule has 2 unspecified atom stereocenters. The lowest BCUT2D eigenvalue weighted by atomic mass is 10.0. The summed E-state index contributed by atoms with van der Waals surface area (Å²) in [5.74, 6) is 0.103. The zero-order valence-electron chi connectivity index (χ0n) is 16.6. The van der Waals surface area contributed by atoms with Crippen LogP contribution in [0.2, 0.25) is 0 Å². The van der Waals surface area contributed by atoms with Gasteiger partial charge in [0.15, 0.2) is 5.76 Å². The zero-order valence-corrected chi connectivity index (χ0v) is 16.6. The maximum atomic E-state index is 12.7. The number of benzene rings is 2. The molecule has 6 heteroatoms. The van der Waals surface area contributed by atoms with Gasteiger partial charge >= 0.3 is 0 Å². The number of piperazine rings is 1. The Kier molecular flexibility index (Phi) is 5.36. The highest BCUT2D eigenvalue weighted by atomic mass is 16.3. The fraction of sp³-hybridized carbons (Fsp3) is 0.304. The molecule has 2 N–H and O–H groups in total. The van der Waals surface area contributed by atoms with Crippen LogP contribution in [0.25, 0.3) is 11.0 Å². The summed E-state index contributed by atoms with van der Waals surface area (Å²) in [7, 11) is 0. The van der Waals surface area contributed by atoms with Crippen molar-refractivity contribution in [2.24, 2.45) is 0 Å². The molecule has 2 atom stereocenters. The number of para-hydroxylation sites is 1. The molecule has 4 rings (SSSR count). The van der Waals surface area contributed by atoms with Gasteiger partial charge in [0.1, 0.15) is 5.58 Å². The lowest BCUT2D eigenvalue weighted by Gasteiger charge is -2.38. The first-order valence-corrected chi connectivity index (χ1v) is 9.93. The molecule has 150 valence electrons. The Labute approximate surface area is 169 Å². The summed E-state index contributed by atoms with van der Waals surface area (Å²) >= 11 is 0. The predicted octanol–water partition coefficient (Wildman–Crippen LogP) is 3.44. The topological polar surface area (TPSA) is 74.6 Å². The van der Waals surface area contributed by atoms with E-state index in [-0.39, 0.29) is 23.6 Å². The minimum Gasteiger partial charge on any atom is -0.451 e. The molecule has 1 saturated heterocycles. The van der Waals surface area contributed by atoms with Crippen LogP contribution in [-0.4, -0.2) is 41.9 Å². The Balaban J connectivity index is 1.38. The number of fused-ring (bicyclic) bond motifs is 1. The van der Waals surface area contributed by atoms with E-state index < -0.39 is 0 Å².